The molecule has 176 valence electrons. The zero-order chi connectivity index (χ0) is 24.2. The van der Waals surface area contributed by atoms with Gasteiger partial charge in [0.1, 0.15) is 11.5 Å². The van der Waals surface area contributed by atoms with Crippen molar-refractivity contribution in [1.29, 1.82) is 0 Å². The van der Waals surface area contributed by atoms with Gasteiger partial charge in [0.05, 0.1) is 25.0 Å². The number of hydrogen-bond donors (Lipinski definition) is 1. The highest BCUT2D eigenvalue weighted by Crippen LogP contribution is 2.29. The molecule has 0 radical (unpaired) electrons. The number of amides is 1. The van der Waals surface area contributed by atoms with Crippen molar-refractivity contribution in [2.45, 2.75) is 13.8 Å². The van der Waals surface area contributed by atoms with Crippen molar-refractivity contribution < 1.29 is 28.5 Å². The third-order valence-corrected chi connectivity index (χ3v) is 4.39. The van der Waals surface area contributed by atoms with Gasteiger partial charge < -0.3 is 18.9 Å². The molecule has 0 aliphatic heterocycles. The molecule has 0 aliphatic carbocycles. The first-order valence-electron chi connectivity index (χ1n) is 10.8. The standard InChI is InChI=1S/C26H26N2O6/c1-3-31-22-13-11-20(12-14-22)26(30)34-23-15-10-19(16-24(23)32-4-2)17-27-28-25(29)18-33-21-8-6-5-7-9-21/h5-17H,3-4,18H2,1-2H3,(H,28,29)/b27-17-. The average molecular weight is 463 g/mol. The number of ether oxygens (including phenoxy) is 4. The Labute approximate surface area is 198 Å². The molecule has 1 N–H and O–H groups in total. The normalized spacial score (nSPS) is 10.5. The Morgan fingerprint density at radius 3 is 2.24 bits per heavy atom. The molecule has 3 aromatic rings. The first-order chi connectivity index (χ1) is 16.6. The van der Waals surface area contributed by atoms with Gasteiger partial charge in [0.2, 0.25) is 0 Å². The fraction of sp³-hybridized carbons (Fsp3) is 0.192. The summed E-state index contributed by atoms with van der Waals surface area (Å²) < 4.78 is 21.9. The second kappa shape index (κ2) is 12.6. The molecule has 0 bridgehead atoms. The van der Waals surface area contributed by atoms with Crippen LogP contribution in [0.25, 0.3) is 0 Å². The van der Waals surface area contributed by atoms with Crippen molar-refractivity contribution in [3.8, 4) is 23.0 Å². The van der Waals surface area contributed by atoms with Gasteiger partial charge in [0, 0.05) is 0 Å². The minimum absolute atomic E-state index is 0.161. The van der Waals surface area contributed by atoms with E-state index in [-0.39, 0.29) is 12.4 Å². The predicted molar refractivity (Wildman–Crippen MR) is 128 cm³/mol. The lowest BCUT2D eigenvalue weighted by molar-refractivity contribution is -0.123. The van der Waals surface area contributed by atoms with E-state index in [9.17, 15) is 9.59 Å². The lowest BCUT2D eigenvalue weighted by atomic mass is 10.2. The van der Waals surface area contributed by atoms with Crippen molar-refractivity contribution in [2.24, 2.45) is 5.10 Å². The molecule has 1 amide bonds. The van der Waals surface area contributed by atoms with Gasteiger partial charge in [0.15, 0.2) is 18.1 Å². The summed E-state index contributed by atoms with van der Waals surface area (Å²) >= 11 is 0. The van der Waals surface area contributed by atoms with E-state index in [1.54, 1.807) is 54.6 Å². The minimum atomic E-state index is -0.518. The lowest BCUT2D eigenvalue weighted by Crippen LogP contribution is -2.24. The minimum Gasteiger partial charge on any atom is -0.494 e. The van der Waals surface area contributed by atoms with E-state index >= 15 is 0 Å². The zero-order valence-corrected chi connectivity index (χ0v) is 19.0. The number of carbonyl (C=O) groups is 2. The maximum atomic E-state index is 12.5. The Morgan fingerprint density at radius 1 is 0.824 bits per heavy atom. The van der Waals surface area contributed by atoms with Crippen LogP contribution in [-0.4, -0.2) is 37.9 Å². The quantitative estimate of drug-likeness (QED) is 0.198. The molecule has 0 aliphatic rings. The Hall–Kier alpha value is -4.33. The second-order valence-electron chi connectivity index (χ2n) is 6.88. The fourth-order valence-electron chi connectivity index (χ4n) is 2.85. The second-order valence-corrected chi connectivity index (χ2v) is 6.88. The van der Waals surface area contributed by atoms with Crippen molar-refractivity contribution in [3.63, 3.8) is 0 Å². The number of esters is 1. The zero-order valence-electron chi connectivity index (χ0n) is 19.0. The maximum Gasteiger partial charge on any atom is 0.343 e. The van der Waals surface area contributed by atoms with Crippen LogP contribution in [0.15, 0.2) is 77.9 Å². The highest BCUT2D eigenvalue weighted by Gasteiger charge is 2.13. The van der Waals surface area contributed by atoms with Crippen LogP contribution in [0.3, 0.4) is 0 Å². The van der Waals surface area contributed by atoms with Gasteiger partial charge in [-0.1, -0.05) is 18.2 Å². The predicted octanol–water partition coefficient (Wildman–Crippen LogP) is 4.23. The number of nitrogens with one attached hydrogen (secondary N) is 1. The van der Waals surface area contributed by atoms with E-state index in [0.29, 0.717) is 41.6 Å². The van der Waals surface area contributed by atoms with Crippen LogP contribution in [-0.2, 0) is 4.79 Å². The Bertz CT molecular complexity index is 1110. The molecule has 34 heavy (non-hydrogen) atoms. The number of carbonyl (C=O) groups excluding carboxylic acids is 2. The van der Waals surface area contributed by atoms with Gasteiger partial charge in [-0.15, -0.1) is 0 Å². The molecule has 3 aromatic carbocycles. The van der Waals surface area contributed by atoms with Crippen molar-refractivity contribution in [3.05, 3.63) is 83.9 Å². The van der Waals surface area contributed by atoms with E-state index < -0.39 is 11.9 Å². The van der Waals surface area contributed by atoms with Crippen LogP contribution < -0.4 is 24.4 Å². The average Bonchev–Trinajstić information content (AvgIpc) is 2.85. The summed E-state index contributed by atoms with van der Waals surface area (Å²) in [5.41, 5.74) is 3.44. The molecule has 8 nitrogen and oxygen atoms in total. The SMILES string of the molecule is CCOc1ccc(C(=O)Oc2ccc(/C=N\NC(=O)COc3ccccc3)cc2OCC)cc1. The molecule has 8 heteroatoms. The molecule has 0 spiro atoms. The molecule has 0 atom stereocenters. The molecule has 0 saturated heterocycles. The van der Waals surface area contributed by atoms with Gasteiger partial charge in [-0.2, -0.15) is 5.10 Å². The summed E-state index contributed by atoms with van der Waals surface area (Å²) in [6, 6.07) is 20.7. The summed E-state index contributed by atoms with van der Waals surface area (Å²) in [7, 11) is 0. The van der Waals surface area contributed by atoms with Gasteiger partial charge in [-0.25, -0.2) is 10.2 Å². The number of hydrogen-bond acceptors (Lipinski definition) is 7. The van der Waals surface area contributed by atoms with E-state index in [1.807, 2.05) is 32.0 Å². The van der Waals surface area contributed by atoms with Gasteiger partial charge in [0.25, 0.3) is 5.91 Å². The van der Waals surface area contributed by atoms with E-state index in [2.05, 4.69) is 10.5 Å². The summed E-state index contributed by atoms with van der Waals surface area (Å²) in [6.07, 6.45) is 1.46. The van der Waals surface area contributed by atoms with Crippen molar-refractivity contribution in [1.82, 2.24) is 5.43 Å². The van der Waals surface area contributed by atoms with Gasteiger partial charge in [-0.05, 0) is 74.0 Å². The third-order valence-electron chi connectivity index (χ3n) is 4.39. The molecule has 0 aromatic heterocycles. The number of nitrogens with zero attached hydrogens (tertiary/aromatic N) is 1. The number of para-hydroxylation sites is 1. The Morgan fingerprint density at radius 2 is 1.53 bits per heavy atom. The third kappa shape index (κ3) is 7.37. The molecule has 0 heterocycles. The molecular weight excluding hydrogens is 436 g/mol. The fourth-order valence-corrected chi connectivity index (χ4v) is 2.85. The van der Waals surface area contributed by atoms with E-state index in [4.69, 9.17) is 18.9 Å². The Balaban J connectivity index is 1.59. The molecule has 0 unspecified atom stereocenters. The van der Waals surface area contributed by atoms with E-state index in [0.717, 1.165) is 0 Å². The van der Waals surface area contributed by atoms with Crippen LogP contribution in [0.2, 0.25) is 0 Å². The first-order valence-corrected chi connectivity index (χ1v) is 10.8. The van der Waals surface area contributed by atoms with Crippen LogP contribution in [0, 0.1) is 0 Å². The monoisotopic (exact) mass is 462 g/mol. The summed E-state index contributed by atoms with van der Waals surface area (Å²) in [4.78, 5) is 24.4. The molecule has 0 fully saturated rings. The highest BCUT2D eigenvalue weighted by atomic mass is 16.6. The first kappa shape index (κ1) is 24.3. The molecule has 3 rings (SSSR count). The van der Waals surface area contributed by atoms with Crippen molar-refractivity contribution in [2.75, 3.05) is 19.8 Å². The van der Waals surface area contributed by atoms with Crippen LogP contribution in [0.5, 0.6) is 23.0 Å². The van der Waals surface area contributed by atoms with Crippen LogP contribution in [0.4, 0.5) is 0 Å². The van der Waals surface area contributed by atoms with Crippen LogP contribution in [0.1, 0.15) is 29.8 Å². The number of hydrazone groups is 1. The number of benzene rings is 3. The number of rotatable bonds is 11. The Kier molecular flexibility index (Phi) is 9.04. The highest BCUT2D eigenvalue weighted by molar-refractivity contribution is 5.92. The smallest absolute Gasteiger partial charge is 0.343 e. The largest absolute Gasteiger partial charge is 0.494 e. The van der Waals surface area contributed by atoms with Gasteiger partial charge >= 0.3 is 5.97 Å². The molecule has 0 saturated carbocycles. The maximum absolute atomic E-state index is 12.5. The lowest BCUT2D eigenvalue weighted by Gasteiger charge is -2.11. The molecular formula is C26H26N2O6. The van der Waals surface area contributed by atoms with Crippen LogP contribution >= 0.6 is 0 Å². The van der Waals surface area contributed by atoms with Gasteiger partial charge in [-0.3, -0.25) is 4.79 Å². The van der Waals surface area contributed by atoms with E-state index in [1.165, 1.54) is 6.21 Å². The topological polar surface area (TPSA) is 95.5 Å². The summed E-state index contributed by atoms with van der Waals surface area (Å²) in [6.45, 7) is 4.47. The summed E-state index contributed by atoms with van der Waals surface area (Å²) in [5.74, 6) is 1.01. The summed E-state index contributed by atoms with van der Waals surface area (Å²) in [5, 5.41) is 3.94. The van der Waals surface area contributed by atoms with Crippen molar-refractivity contribution >= 4 is 18.1 Å².